The van der Waals surface area contributed by atoms with Crippen LogP contribution in [0.25, 0.3) is 0 Å². The second kappa shape index (κ2) is 5.73. The summed E-state index contributed by atoms with van der Waals surface area (Å²) in [7, 11) is -3.47. The van der Waals surface area contributed by atoms with Gasteiger partial charge in [-0.1, -0.05) is 11.6 Å². The van der Waals surface area contributed by atoms with E-state index in [1.54, 1.807) is 0 Å². The molecule has 1 aliphatic heterocycles. The maximum atomic E-state index is 13.2. The minimum atomic E-state index is -4.57. The van der Waals surface area contributed by atoms with Crippen LogP contribution in [0.5, 0.6) is 0 Å². The Morgan fingerprint density at radius 3 is 2.64 bits per heavy atom. The highest BCUT2D eigenvalue weighted by Gasteiger charge is 2.46. The number of halogens is 4. The van der Waals surface area contributed by atoms with Crippen LogP contribution in [-0.2, 0) is 16.4 Å². The number of anilines is 1. The molecule has 1 aromatic heterocycles. The first kappa shape index (κ1) is 17.1. The predicted molar refractivity (Wildman–Crippen MR) is 75.0 cm³/mol. The first-order valence-electron chi connectivity index (χ1n) is 6.27. The van der Waals surface area contributed by atoms with E-state index in [1.807, 2.05) is 0 Å². The van der Waals surface area contributed by atoms with Crippen LogP contribution in [0.1, 0.15) is 6.42 Å². The van der Waals surface area contributed by atoms with Crippen LogP contribution in [0.15, 0.2) is 10.9 Å². The molecular weight excluding hydrogens is 347 g/mol. The predicted octanol–water partition coefficient (Wildman–Crippen LogP) is 1.08. The Kier molecular flexibility index (Phi) is 4.44. The van der Waals surface area contributed by atoms with Crippen molar-refractivity contribution in [2.24, 2.45) is 0 Å². The second-order valence-electron chi connectivity index (χ2n) is 5.04. The van der Waals surface area contributed by atoms with Gasteiger partial charge in [-0.25, -0.2) is 13.4 Å². The van der Waals surface area contributed by atoms with E-state index < -0.39 is 39.9 Å². The van der Waals surface area contributed by atoms with Gasteiger partial charge in [0.25, 0.3) is 5.56 Å². The summed E-state index contributed by atoms with van der Waals surface area (Å²) in [5, 5.41) is -0.233. The Morgan fingerprint density at radius 1 is 1.45 bits per heavy atom. The molecule has 0 amide bonds. The Bertz CT molecular complexity index is 732. The minimum absolute atomic E-state index is 0.155. The van der Waals surface area contributed by atoms with Gasteiger partial charge in [0.05, 0.1) is 5.75 Å². The largest absolute Gasteiger partial charge is 0.408 e. The fourth-order valence-electron chi connectivity index (χ4n) is 2.30. The van der Waals surface area contributed by atoms with E-state index in [4.69, 9.17) is 11.6 Å². The third-order valence-corrected chi connectivity index (χ3v) is 4.41. The second-order valence-corrected chi connectivity index (χ2v) is 7.69. The molecule has 0 bridgehead atoms. The van der Waals surface area contributed by atoms with Crippen LogP contribution >= 0.6 is 11.6 Å². The van der Waals surface area contributed by atoms with Crippen LogP contribution in [0.3, 0.4) is 0 Å². The first-order chi connectivity index (χ1) is 9.99. The van der Waals surface area contributed by atoms with E-state index in [1.165, 1.54) is 0 Å². The molecule has 1 aliphatic rings. The number of hydrogen-bond acceptors (Lipinski definition) is 5. The molecule has 0 aromatic carbocycles. The lowest BCUT2D eigenvalue weighted by Crippen LogP contribution is -2.53. The zero-order chi connectivity index (χ0) is 16.7. The average molecular weight is 360 g/mol. The van der Waals surface area contributed by atoms with Crippen LogP contribution in [0.4, 0.5) is 19.1 Å². The molecule has 22 heavy (non-hydrogen) atoms. The van der Waals surface area contributed by atoms with E-state index in [9.17, 15) is 26.4 Å². The minimum Gasteiger partial charge on any atom is -0.329 e. The fraction of sp³-hybridized carbons (Fsp3) is 0.636. The number of rotatable bonds is 3. The van der Waals surface area contributed by atoms with E-state index in [0.717, 1.165) is 21.8 Å². The number of hydrogen-bond donors (Lipinski definition) is 0. The van der Waals surface area contributed by atoms with Crippen molar-refractivity contribution in [3.05, 3.63) is 21.6 Å². The quantitative estimate of drug-likeness (QED) is 0.755. The highest BCUT2D eigenvalue weighted by Crippen LogP contribution is 2.33. The molecule has 11 heteroatoms. The molecule has 2 rings (SSSR count). The molecule has 0 saturated heterocycles. The summed E-state index contributed by atoms with van der Waals surface area (Å²) < 4.78 is 63.1. The lowest BCUT2D eigenvalue weighted by molar-refractivity contribution is -0.152. The smallest absolute Gasteiger partial charge is 0.329 e. The van der Waals surface area contributed by atoms with Crippen LogP contribution in [0.2, 0.25) is 5.15 Å². The van der Waals surface area contributed by atoms with Gasteiger partial charge in [-0.3, -0.25) is 9.36 Å². The topological polar surface area (TPSA) is 72.3 Å². The van der Waals surface area contributed by atoms with Crippen molar-refractivity contribution in [3.63, 3.8) is 0 Å². The average Bonchev–Trinajstić information content (AvgIpc) is 2.33. The molecular formula is C11H13ClF3N3O3S. The Labute approximate surface area is 129 Å². The van der Waals surface area contributed by atoms with Gasteiger partial charge in [-0.15, -0.1) is 0 Å². The van der Waals surface area contributed by atoms with Gasteiger partial charge in [0.15, 0.2) is 0 Å². The molecule has 0 fully saturated rings. The van der Waals surface area contributed by atoms with Crippen LogP contribution in [-0.4, -0.2) is 48.7 Å². The van der Waals surface area contributed by atoms with E-state index >= 15 is 0 Å². The summed E-state index contributed by atoms with van der Waals surface area (Å²) in [5.41, 5.74) is -0.569. The molecule has 1 aromatic rings. The number of sulfone groups is 1. The third kappa shape index (κ3) is 3.72. The fourth-order valence-corrected chi connectivity index (χ4v) is 3.00. The van der Waals surface area contributed by atoms with E-state index in [0.29, 0.717) is 0 Å². The summed E-state index contributed by atoms with van der Waals surface area (Å²) in [6.45, 7) is -0.576. The zero-order valence-corrected chi connectivity index (χ0v) is 13.0. The Balaban J connectivity index is 2.48. The molecule has 0 saturated carbocycles. The number of alkyl halides is 3. The Morgan fingerprint density at radius 2 is 2.09 bits per heavy atom. The zero-order valence-electron chi connectivity index (χ0n) is 11.5. The van der Waals surface area contributed by atoms with Crippen molar-refractivity contribution < 1.29 is 21.6 Å². The summed E-state index contributed by atoms with van der Waals surface area (Å²) in [6, 6.07) is -0.895. The molecule has 0 spiro atoms. The van der Waals surface area contributed by atoms with Crippen LogP contribution < -0.4 is 10.5 Å². The van der Waals surface area contributed by atoms with E-state index in [-0.39, 0.29) is 24.1 Å². The van der Waals surface area contributed by atoms with E-state index in [2.05, 4.69) is 4.98 Å². The van der Waals surface area contributed by atoms with Crippen LogP contribution in [0, 0.1) is 0 Å². The maximum Gasteiger partial charge on any atom is 0.408 e. The van der Waals surface area contributed by atoms with Gasteiger partial charge in [0.2, 0.25) is 5.95 Å². The lowest BCUT2D eigenvalue weighted by atomic mass is 10.1. The highest BCUT2D eigenvalue weighted by molar-refractivity contribution is 7.90. The maximum absolute atomic E-state index is 13.2. The van der Waals surface area contributed by atoms with Crippen molar-refractivity contribution in [1.82, 2.24) is 9.55 Å². The van der Waals surface area contributed by atoms with Gasteiger partial charge in [0, 0.05) is 25.4 Å². The lowest BCUT2D eigenvalue weighted by Gasteiger charge is -2.38. The van der Waals surface area contributed by atoms with Gasteiger partial charge >= 0.3 is 6.18 Å². The first-order valence-corrected chi connectivity index (χ1v) is 8.71. The van der Waals surface area contributed by atoms with Gasteiger partial charge < -0.3 is 4.90 Å². The van der Waals surface area contributed by atoms with Gasteiger partial charge in [0.1, 0.15) is 21.0 Å². The summed E-state index contributed by atoms with van der Waals surface area (Å²) in [6.07, 6.45) is -4.00. The Hall–Kier alpha value is -1.29. The van der Waals surface area contributed by atoms with Gasteiger partial charge in [-0.2, -0.15) is 13.2 Å². The standard InChI is InChI=1S/C11H13ClF3N3O3S/c1-22(20,21)5-4-17-7(11(13,14)15)2-3-18-9(19)6-8(12)16-10(17)18/h6-7H,2-5H2,1H3/t7-/m0/s1. The molecule has 0 aliphatic carbocycles. The van der Waals surface area contributed by atoms with Crippen molar-refractivity contribution in [3.8, 4) is 0 Å². The third-order valence-electron chi connectivity index (χ3n) is 3.30. The number of fused-ring (bicyclic) bond motifs is 1. The van der Waals surface area contributed by atoms with Gasteiger partial charge in [-0.05, 0) is 6.42 Å². The molecule has 124 valence electrons. The molecule has 2 heterocycles. The molecule has 0 N–H and O–H groups in total. The summed E-state index contributed by atoms with van der Waals surface area (Å²) in [4.78, 5) is 16.4. The SMILES string of the molecule is CS(=O)(=O)CCN1c2nc(Cl)cc(=O)n2CC[C@H]1C(F)(F)F. The number of nitrogens with zero attached hydrogens (tertiary/aromatic N) is 3. The van der Waals surface area contributed by atoms with Crippen molar-refractivity contribution in [1.29, 1.82) is 0 Å². The number of aromatic nitrogens is 2. The van der Waals surface area contributed by atoms with Crippen molar-refractivity contribution >= 4 is 27.4 Å². The molecule has 1 atom stereocenters. The molecule has 6 nitrogen and oxygen atoms in total. The summed E-state index contributed by atoms with van der Waals surface area (Å²) >= 11 is 5.65. The normalized spacial score (nSPS) is 19.1. The molecule has 0 radical (unpaired) electrons. The highest BCUT2D eigenvalue weighted by atomic mass is 35.5. The van der Waals surface area contributed by atoms with Crippen molar-refractivity contribution in [2.45, 2.75) is 25.2 Å². The van der Waals surface area contributed by atoms with Crippen molar-refractivity contribution in [2.75, 3.05) is 23.5 Å². The monoisotopic (exact) mass is 359 g/mol. The summed E-state index contributed by atoms with van der Waals surface area (Å²) in [5.74, 6) is -0.739. The molecule has 0 unspecified atom stereocenters.